The molecule has 1 amide bonds. The van der Waals surface area contributed by atoms with E-state index in [0.717, 1.165) is 6.07 Å². The molecule has 1 aromatic carbocycles. The van der Waals surface area contributed by atoms with E-state index in [1.165, 1.54) is 30.2 Å². The maximum absolute atomic E-state index is 13.7. The first kappa shape index (κ1) is 21.5. The summed E-state index contributed by atoms with van der Waals surface area (Å²) in [6.45, 7) is 3.28. The van der Waals surface area contributed by atoms with E-state index in [0.29, 0.717) is 34.7 Å². The predicted octanol–water partition coefficient (Wildman–Crippen LogP) is 5.02. The third-order valence-electron chi connectivity index (χ3n) is 5.19. The van der Waals surface area contributed by atoms with E-state index < -0.39 is 23.5 Å². The van der Waals surface area contributed by atoms with Crippen LogP contribution in [-0.2, 0) is 6.18 Å². The number of hydrogen-bond acceptors (Lipinski definition) is 5. The molecule has 0 unspecified atom stereocenters. The Bertz CT molecular complexity index is 1210. The number of halogens is 4. The number of aryl methyl sites for hydroxylation is 2. The number of methoxy groups -OCH3 is 1. The third kappa shape index (κ3) is 3.72. The van der Waals surface area contributed by atoms with Crippen LogP contribution < -0.4 is 14.5 Å². The van der Waals surface area contributed by atoms with Crippen molar-refractivity contribution in [3.63, 3.8) is 0 Å². The second-order valence-electron chi connectivity index (χ2n) is 7.28. The highest BCUT2D eigenvalue weighted by Crippen LogP contribution is 2.39. The van der Waals surface area contributed by atoms with Crippen molar-refractivity contribution in [1.29, 1.82) is 0 Å². The largest absolute Gasteiger partial charge is 0.481 e. The first-order valence-corrected chi connectivity index (χ1v) is 9.54. The van der Waals surface area contributed by atoms with E-state index in [4.69, 9.17) is 4.74 Å². The summed E-state index contributed by atoms with van der Waals surface area (Å²) >= 11 is 0. The second kappa shape index (κ2) is 7.77. The molecule has 4 rings (SSSR count). The minimum atomic E-state index is -4.67. The van der Waals surface area contributed by atoms with Crippen molar-refractivity contribution in [2.45, 2.75) is 20.0 Å². The number of alkyl halides is 3. The molecule has 2 aromatic heterocycles. The lowest BCUT2D eigenvalue weighted by molar-refractivity contribution is -0.137. The van der Waals surface area contributed by atoms with Crippen molar-refractivity contribution in [3.8, 4) is 5.88 Å². The van der Waals surface area contributed by atoms with Crippen molar-refractivity contribution in [3.05, 3.63) is 70.8 Å². The number of fused-ring (bicyclic) bond motifs is 1. The average molecular weight is 446 g/mol. The van der Waals surface area contributed by atoms with Crippen LogP contribution in [-0.4, -0.2) is 29.7 Å². The number of rotatable bonds is 3. The summed E-state index contributed by atoms with van der Waals surface area (Å²) in [5.41, 5.74) is 0.658. The number of amides is 1. The summed E-state index contributed by atoms with van der Waals surface area (Å²) in [6, 6.07) is 8.01. The Labute approximate surface area is 181 Å². The molecule has 6 nitrogen and oxygen atoms in total. The molecular weight excluding hydrogens is 428 g/mol. The van der Waals surface area contributed by atoms with E-state index in [-0.39, 0.29) is 18.1 Å². The number of ether oxygens (including phenoxy) is 1. The topological polar surface area (TPSA) is 58.6 Å². The molecule has 0 atom stereocenters. The number of nitrogens with zero attached hydrogens (tertiary/aromatic N) is 4. The lowest BCUT2D eigenvalue weighted by Gasteiger charge is -2.38. The van der Waals surface area contributed by atoms with Crippen LogP contribution in [0.5, 0.6) is 5.88 Å². The van der Waals surface area contributed by atoms with Gasteiger partial charge < -0.3 is 9.64 Å². The van der Waals surface area contributed by atoms with Crippen LogP contribution >= 0.6 is 0 Å². The highest BCUT2D eigenvalue weighted by Gasteiger charge is 2.38. The molecule has 0 fully saturated rings. The first-order chi connectivity index (χ1) is 15.1. The zero-order valence-corrected chi connectivity index (χ0v) is 17.4. The zero-order valence-electron chi connectivity index (χ0n) is 17.4. The van der Waals surface area contributed by atoms with Gasteiger partial charge in [-0.3, -0.25) is 9.69 Å². The fraction of sp³-hybridized carbons (Fsp3) is 0.227. The quantitative estimate of drug-likeness (QED) is 0.529. The van der Waals surface area contributed by atoms with E-state index >= 15 is 0 Å². The molecule has 10 heteroatoms. The van der Waals surface area contributed by atoms with Crippen LogP contribution in [0.3, 0.4) is 0 Å². The van der Waals surface area contributed by atoms with E-state index in [1.807, 2.05) is 0 Å². The molecule has 3 aromatic rings. The molecule has 3 heterocycles. The minimum Gasteiger partial charge on any atom is -0.481 e. The number of anilines is 3. The van der Waals surface area contributed by atoms with Crippen LogP contribution in [0, 0.1) is 19.7 Å². The van der Waals surface area contributed by atoms with Gasteiger partial charge >= 0.3 is 6.18 Å². The van der Waals surface area contributed by atoms with Gasteiger partial charge in [0, 0.05) is 18.0 Å². The monoisotopic (exact) mass is 446 g/mol. The third-order valence-corrected chi connectivity index (χ3v) is 5.19. The summed E-state index contributed by atoms with van der Waals surface area (Å²) < 4.78 is 58.8. The van der Waals surface area contributed by atoms with Crippen molar-refractivity contribution < 1.29 is 27.1 Å². The summed E-state index contributed by atoms with van der Waals surface area (Å²) in [5.74, 6) is -0.701. The van der Waals surface area contributed by atoms with E-state index in [2.05, 4.69) is 9.97 Å². The van der Waals surface area contributed by atoms with Crippen molar-refractivity contribution >= 4 is 23.1 Å². The Morgan fingerprint density at radius 3 is 2.38 bits per heavy atom. The zero-order chi connectivity index (χ0) is 23.2. The van der Waals surface area contributed by atoms with Gasteiger partial charge in [-0.25, -0.2) is 14.4 Å². The number of aromatic nitrogens is 2. The summed E-state index contributed by atoms with van der Waals surface area (Å²) in [5, 5.41) is 0. The van der Waals surface area contributed by atoms with Gasteiger partial charge in [0.25, 0.3) is 5.91 Å². The van der Waals surface area contributed by atoms with Gasteiger partial charge in [-0.2, -0.15) is 13.2 Å². The van der Waals surface area contributed by atoms with Crippen LogP contribution in [0.4, 0.5) is 34.8 Å². The molecule has 0 saturated heterocycles. The minimum absolute atomic E-state index is 0.0501. The lowest BCUT2D eigenvalue weighted by Crippen LogP contribution is -2.46. The average Bonchev–Trinajstić information content (AvgIpc) is 2.74. The Hall–Kier alpha value is -3.69. The van der Waals surface area contributed by atoms with Crippen LogP contribution in [0.25, 0.3) is 0 Å². The Morgan fingerprint density at radius 2 is 1.75 bits per heavy atom. The molecule has 166 valence electrons. The Balaban J connectivity index is 1.90. The molecular formula is C22H18F4N4O2. The van der Waals surface area contributed by atoms with E-state index in [1.54, 1.807) is 30.9 Å². The van der Waals surface area contributed by atoms with Gasteiger partial charge in [-0.05, 0) is 49.7 Å². The fourth-order valence-electron chi connectivity index (χ4n) is 3.63. The number of carbonyl (C=O) groups excluding carboxylic acids is 1. The van der Waals surface area contributed by atoms with Gasteiger partial charge in [0.2, 0.25) is 5.88 Å². The standard InChI is InChI=1S/C22H18F4N4O2/c1-12-8-15(23)4-5-17(12)29-11-30(18-6-7-19(32-3)28-13(18)2)21(31)16-9-14(22(24,25)26)10-27-20(16)29/h4-10H,11H2,1-3H3. The molecule has 0 spiro atoms. The molecule has 32 heavy (non-hydrogen) atoms. The van der Waals surface area contributed by atoms with E-state index in [9.17, 15) is 22.4 Å². The van der Waals surface area contributed by atoms with Gasteiger partial charge in [0.1, 0.15) is 18.3 Å². The normalized spacial score (nSPS) is 13.9. The predicted molar refractivity (Wildman–Crippen MR) is 110 cm³/mol. The molecule has 0 saturated carbocycles. The van der Waals surface area contributed by atoms with Crippen molar-refractivity contribution in [2.24, 2.45) is 0 Å². The van der Waals surface area contributed by atoms with Gasteiger partial charge in [0.05, 0.1) is 29.6 Å². The smallest absolute Gasteiger partial charge is 0.417 e. The van der Waals surface area contributed by atoms with Gasteiger partial charge in [-0.15, -0.1) is 0 Å². The number of benzene rings is 1. The molecule has 0 radical (unpaired) electrons. The van der Waals surface area contributed by atoms with Crippen molar-refractivity contribution in [2.75, 3.05) is 23.6 Å². The second-order valence-corrected chi connectivity index (χ2v) is 7.28. The number of hydrogen-bond donors (Lipinski definition) is 0. The van der Waals surface area contributed by atoms with Crippen LogP contribution in [0.15, 0.2) is 42.6 Å². The van der Waals surface area contributed by atoms with Gasteiger partial charge in [-0.1, -0.05) is 0 Å². The molecule has 1 aliphatic heterocycles. The maximum atomic E-state index is 13.7. The van der Waals surface area contributed by atoms with Crippen LogP contribution in [0.1, 0.15) is 27.2 Å². The summed E-state index contributed by atoms with van der Waals surface area (Å²) in [6.07, 6.45) is -3.98. The molecule has 0 N–H and O–H groups in total. The highest BCUT2D eigenvalue weighted by molar-refractivity contribution is 6.12. The molecule has 1 aliphatic rings. The summed E-state index contributed by atoms with van der Waals surface area (Å²) in [4.78, 5) is 24.4. The number of carbonyl (C=O) groups is 1. The molecule has 0 bridgehead atoms. The SMILES string of the molecule is COc1ccc(N2CN(c3ccc(F)cc3C)c3ncc(C(F)(F)F)cc3C2=O)c(C)n1. The first-order valence-electron chi connectivity index (χ1n) is 9.54. The summed E-state index contributed by atoms with van der Waals surface area (Å²) in [7, 11) is 1.45. The van der Waals surface area contributed by atoms with Gasteiger partial charge in [0.15, 0.2) is 0 Å². The highest BCUT2D eigenvalue weighted by atomic mass is 19.4. The molecule has 0 aliphatic carbocycles. The maximum Gasteiger partial charge on any atom is 0.417 e. The fourth-order valence-corrected chi connectivity index (χ4v) is 3.63. The van der Waals surface area contributed by atoms with Crippen LogP contribution in [0.2, 0.25) is 0 Å². The van der Waals surface area contributed by atoms with Crippen molar-refractivity contribution in [1.82, 2.24) is 9.97 Å². The Morgan fingerprint density at radius 1 is 1.03 bits per heavy atom. The Kier molecular flexibility index (Phi) is 5.23. The number of pyridine rings is 2. The lowest BCUT2D eigenvalue weighted by atomic mass is 10.1.